The second-order valence-electron chi connectivity index (χ2n) is 3.86. The van der Waals surface area contributed by atoms with E-state index in [-0.39, 0.29) is 5.79 Å². The lowest BCUT2D eigenvalue weighted by Crippen LogP contribution is -2.11. The first-order valence-electron chi connectivity index (χ1n) is 5.10. The predicted molar refractivity (Wildman–Crippen MR) is 55.1 cm³/mol. The normalized spacial score (nSPS) is 24.9. The van der Waals surface area contributed by atoms with Gasteiger partial charge >= 0.3 is 0 Å². The zero-order valence-electron chi connectivity index (χ0n) is 8.53. The van der Waals surface area contributed by atoms with E-state index in [0.29, 0.717) is 0 Å². The van der Waals surface area contributed by atoms with Gasteiger partial charge < -0.3 is 9.47 Å². The van der Waals surface area contributed by atoms with Gasteiger partial charge in [0.15, 0.2) is 5.79 Å². The van der Waals surface area contributed by atoms with E-state index in [4.69, 9.17) is 9.47 Å². The molecular weight excluding hydrogens is 176 g/mol. The molecule has 0 aromatic heterocycles. The maximum Gasteiger partial charge on any atom is 0.189 e. The van der Waals surface area contributed by atoms with Gasteiger partial charge in [0.1, 0.15) is 6.61 Å². The van der Waals surface area contributed by atoms with Crippen molar-refractivity contribution in [2.75, 3.05) is 13.2 Å². The van der Waals surface area contributed by atoms with Crippen LogP contribution in [0.25, 0.3) is 0 Å². The van der Waals surface area contributed by atoms with Crippen molar-refractivity contribution in [1.82, 2.24) is 0 Å². The molecule has 0 bridgehead atoms. The van der Waals surface area contributed by atoms with E-state index < -0.39 is 0 Å². The molecule has 1 aliphatic rings. The highest BCUT2D eigenvalue weighted by molar-refractivity contribution is 5.14. The first-order valence-corrected chi connectivity index (χ1v) is 5.10. The number of hydrogen-bond donors (Lipinski definition) is 0. The Kier molecular flexibility index (Phi) is 2.85. The van der Waals surface area contributed by atoms with Gasteiger partial charge in [0.25, 0.3) is 0 Å². The summed E-state index contributed by atoms with van der Waals surface area (Å²) in [5.74, 6) is -0.253. The van der Waals surface area contributed by atoms with Crippen LogP contribution in [0, 0.1) is 0 Å². The second-order valence-corrected chi connectivity index (χ2v) is 3.86. The monoisotopic (exact) mass is 192 g/mol. The van der Waals surface area contributed by atoms with Crippen molar-refractivity contribution in [2.45, 2.75) is 25.6 Å². The van der Waals surface area contributed by atoms with Gasteiger partial charge in [0, 0.05) is 0 Å². The highest BCUT2D eigenvalue weighted by atomic mass is 16.8. The number of ether oxygens (including phenoxy) is 2. The van der Waals surface area contributed by atoms with Crippen LogP contribution in [0.4, 0.5) is 0 Å². The second kappa shape index (κ2) is 4.11. The van der Waals surface area contributed by atoms with Gasteiger partial charge in [-0.3, -0.25) is 0 Å². The van der Waals surface area contributed by atoms with Crippen LogP contribution in [0.3, 0.4) is 0 Å². The van der Waals surface area contributed by atoms with E-state index in [9.17, 15) is 0 Å². The van der Waals surface area contributed by atoms with Crippen molar-refractivity contribution in [3.05, 3.63) is 35.9 Å². The minimum absolute atomic E-state index is 0.253. The zero-order chi connectivity index (χ0) is 9.86. The molecule has 2 nitrogen and oxygen atoms in total. The number of epoxide rings is 1. The largest absolute Gasteiger partial charge is 0.348 e. The topological polar surface area (TPSA) is 21.8 Å². The Hall–Kier alpha value is -0.860. The summed E-state index contributed by atoms with van der Waals surface area (Å²) in [6.45, 7) is 3.51. The van der Waals surface area contributed by atoms with Crippen molar-refractivity contribution in [3.8, 4) is 0 Å². The summed E-state index contributed by atoms with van der Waals surface area (Å²) >= 11 is 0. The molecule has 0 aliphatic carbocycles. The molecule has 1 aliphatic heterocycles. The Labute approximate surface area is 84.8 Å². The van der Waals surface area contributed by atoms with Crippen LogP contribution >= 0.6 is 0 Å². The van der Waals surface area contributed by atoms with Gasteiger partial charge in [0.05, 0.1) is 6.61 Å². The van der Waals surface area contributed by atoms with Crippen molar-refractivity contribution in [1.29, 1.82) is 0 Å². The van der Waals surface area contributed by atoms with Crippen LogP contribution < -0.4 is 0 Å². The maximum absolute atomic E-state index is 5.54. The lowest BCUT2D eigenvalue weighted by atomic mass is 10.1. The molecule has 1 heterocycles. The van der Waals surface area contributed by atoms with Crippen LogP contribution in [0.15, 0.2) is 30.3 Å². The van der Waals surface area contributed by atoms with Crippen molar-refractivity contribution in [3.63, 3.8) is 0 Å². The molecule has 1 aromatic carbocycles. The molecular formula is C12H16O2. The van der Waals surface area contributed by atoms with Gasteiger partial charge in [-0.25, -0.2) is 0 Å². The number of hydrogen-bond acceptors (Lipinski definition) is 2. The fourth-order valence-corrected chi connectivity index (χ4v) is 1.39. The van der Waals surface area contributed by atoms with Gasteiger partial charge in [-0.1, -0.05) is 30.3 Å². The fourth-order valence-electron chi connectivity index (χ4n) is 1.39. The lowest BCUT2D eigenvalue weighted by molar-refractivity contribution is -0.0302. The SMILES string of the molecule is CC1(OCCCc2ccccc2)CO1. The van der Waals surface area contributed by atoms with E-state index in [1.165, 1.54) is 5.56 Å². The van der Waals surface area contributed by atoms with E-state index in [1.54, 1.807) is 0 Å². The predicted octanol–water partition coefficient (Wildman–Crippen LogP) is 2.38. The summed E-state index contributed by atoms with van der Waals surface area (Å²) in [6.07, 6.45) is 2.14. The highest BCUT2D eigenvalue weighted by Crippen LogP contribution is 2.27. The summed E-state index contributed by atoms with van der Waals surface area (Å²) in [6, 6.07) is 10.5. The molecule has 1 saturated heterocycles. The van der Waals surface area contributed by atoms with E-state index in [2.05, 4.69) is 24.3 Å². The quantitative estimate of drug-likeness (QED) is 0.527. The van der Waals surface area contributed by atoms with Crippen LogP contribution in [-0.2, 0) is 15.9 Å². The Balaban J connectivity index is 1.63. The summed E-state index contributed by atoms with van der Waals surface area (Å²) in [5.41, 5.74) is 1.37. The van der Waals surface area contributed by atoms with Gasteiger partial charge in [-0.2, -0.15) is 0 Å². The van der Waals surface area contributed by atoms with Crippen LogP contribution in [-0.4, -0.2) is 19.0 Å². The summed E-state index contributed by atoms with van der Waals surface area (Å²) in [4.78, 5) is 0. The minimum atomic E-state index is -0.253. The van der Waals surface area contributed by atoms with Gasteiger partial charge in [-0.15, -0.1) is 0 Å². The zero-order valence-corrected chi connectivity index (χ0v) is 8.53. The first-order chi connectivity index (χ1) is 6.79. The maximum atomic E-state index is 5.54. The number of benzene rings is 1. The molecule has 76 valence electrons. The fraction of sp³-hybridized carbons (Fsp3) is 0.500. The number of aryl methyl sites for hydroxylation is 1. The molecule has 1 fully saturated rings. The molecule has 1 aromatic rings. The molecule has 2 heteroatoms. The molecule has 14 heavy (non-hydrogen) atoms. The lowest BCUT2D eigenvalue weighted by Gasteiger charge is -2.06. The van der Waals surface area contributed by atoms with Crippen LogP contribution in [0.5, 0.6) is 0 Å². The molecule has 0 radical (unpaired) electrons. The highest BCUT2D eigenvalue weighted by Gasteiger charge is 2.40. The Bertz CT molecular complexity index is 278. The smallest absolute Gasteiger partial charge is 0.189 e. The van der Waals surface area contributed by atoms with Crippen molar-refractivity contribution < 1.29 is 9.47 Å². The Morgan fingerprint density at radius 3 is 2.71 bits per heavy atom. The summed E-state index contributed by atoms with van der Waals surface area (Å²) < 4.78 is 10.7. The third-order valence-electron chi connectivity index (χ3n) is 2.41. The molecule has 1 atom stereocenters. The standard InChI is InChI=1S/C12H16O2/c1-12(10-14-12)13-9-5-8-11-6-3-2-4-7-11/h2-4,6-7H,5,8-10H2,1H3. The van der Waals surface area contributed by atoms with Crippen LogP contribution in [0.1, 0.15) is 18.9 Å². The summed E-state index contributed by atoms with van der Waals surface area (Å²) in [5, 5.41) is 0. The molecule has 0 spiro atoms. The third-order valence-corrected chi connectivity index (χ3v) is 2.41. The van der Waals surface area contributed by atoms with E-state index in [0.717, 1.165) is 26.1 Å². The first kappa shape index (κ1) is 9.69. The number of rotatable bonds is 5. The van der Waals surface area contributed by atoms with Crippen LogP contribution in [0.2, 0.25) is 0 Å². The Morgan fingerprint density at radius 1 is 1.36 bits per heavy atom. The third kappa shape index (κ3) is 2.82. The Morgan fingerprint density at radius 2 is 2.07 bits per heavy atom. The average Bonchev–Trinajstić information content (AvgIpc) is 2.94. The minimum Gasteiger partial charge on any atom is -0.348 e. The van der Waals surface area contributed by atoms with E-state index >= 15 is 0 Å². The van der Waals surface area contributed by atoms with Crippen molar-refractivity contribution >= 4 is 0 Å². The van der Waals surface area contributed by atoms with E-state index in [1.807, 2.05) is 13.0 Å². The molecule has 2 rings (SSSR count). The molecule has 0 N–H and O–H groups in total. The van der Waals surface area contributed by atoms with Gasteiger partial charge in [-0.05, 0) is 25.3 Å². The summed E-state index contributed by atoms with van der Waals surface area (Å²) in [7, 11) is 0. The average molecular weight is 192 g/mol. The van der Waals surface area contributed by atoms with Gasteiger partial charge in [0.2, 0.25) is 0 Å². The molecule has 0 saturated carbocycles. The molecule has 1 unspecified atom stereocenters. The molecule has 0 amide bonds. The van der Waals surface area contributed by atoms with Crippen molar-refractivity contribution in [2.24, 2.45) is 0 Å².